The van der Waals surface area contributed by atoms with Crippen LogP contribution in [0.1, 0.15) is 47.7 Å². The molecule has 6 heteroatoms. The van der Waals surface area contributed by atoms with Crippen molar-refractivity contribution in [3.05, 3.63) is 208 Å². The first kappa shape index (κ1) is 37.4. The predicted octanol–water partition coefficient (Wildman–Crippen LogP) is 13.0. The Morgan fingerprint density at radius 3 is 2.13 bits per heavy atom. The molecule has 61 heavy (non-hydrogen) atoms. The molecule has 4 aromatic heterocycles. The Bertz CT molecular complexity index is 3320. The van der Waals surface area contributed by atoms with Crippen LogP contribution >= 0.6 is 0 Å². The number of benzene rings is 6. The van der Waals surface area contributed by atoms with Crippen LogP contribution in [-0.2, 0) is 45.0 Å². The number of rotatable bonds is 7. The molecule has 14 rings (SSSR count). The van der Waals surface area contributed by atoms with Crippen molar-refractivity contribution in [1.82, 2.24) is 18.5 Å². The Morgan fingerprint density at radius 1 is 0.623 bits per heavy atom. The molecule has 0 amide bonds. The van der Waals surface area contributed by atoms with Crippen LogP contribution in [0.25, 0.3) is 61.1 Å². The Morgan fingerprint density at radius 2 is 1.36 bits per heavy atom. The fraction of sp³-hybridized carbons (Fsp3) is 0.127. The molecule has 5 nitrogen and oxygen atoms in total. The molecule has 10 aromatic rings. The second-order valence-corrected chi connectivity index (χ2v) is 17.3. The zero-order chi connectivity index (χ0) is 41.0. The van der Waals surface area contributed by atoms with Crippen LogP contribution in [0.3, 0.4) is 0 Å². The number of imidazole rings is 1. The smallest absolute Gasteiger partial charge is 0.0622 e. The standard InChI is InChI=1S/C55H42N4O.Pt/c1-37(2)49-33-55(56-34-51(49)41-12-7-4-8-13-41)59-52-29-24-43(40-10-5-3-6-11-40)30-50(52)48-28-27-47(32-53(48)59)60-46-15-9-14-45(31-46)57-35-54-42-22-20-38-16-18-39(19-17-38)21-25-44(26-23-42)58(54)36-57;/h3-19,23-24,26-30,33-35,37H,20-22,25H2,1-2H3;/q-2;. The van der Waals surface area contributed by atoms with Crippen molar-refractivity contribution in [2.24, 2.45) is 0 Å². The summed E-state index contributed by atoms with van der Waals surface area (Å²) in [5.74, 6) is 2.38. The van der Waals surface area contributed by atoms with Gasteiger partial charge in [-0.1, -0.05) is 80.6 Å². The SMILES string of the molecule is CC(C)c1cc(-n2c3[c-]c(Oc4[c-]c(-n5cc6c7ccc(n6[c]5=[Pt])CCc5ccc(cc5)CC7)ccc4)ccc3c3cc(-c4ccccc4)ccc32)ncc1-c1ccccc1. The first-order valence-corrected chi connectivity index (χ1v) is 22.2. The summed E-state index contributed by atoms with van der Waals surface area (Å²) < 4.78 is 14.7. The number of nitrogens with zero attached hydrogens (tertiary/aromatic N) is 4. The van der Waals surface area contributed by atoms with Gasteiger partial charge in [-0.2, -0.15) is 0 Å². The summed E-state index contributed by atoms with van der Waals surface area (Å²) in [6.45, 7) is 4.50. The van der Waals surface area contributed by atoms with Crippen LogP contribution in [0, 0.1) is 15.9 Å². The van der Waals surface area contributed by atoms with Gasteiger partial charge in [0.25, 0.3) is 0 Å². The molecule has 0 unspecified atom stereocenters. The van der Waals surface area contributed by atoms with Crippen molar-refractivity contribution in [3.63, 3.8) is 0 Å². The van der Waals surface area contributed by atoms with E-state index in [9.17, 15) is 0 Å². The van der Waals surface area contributed by atoms with Gasteiger partial charge in [0.15, 0.2) is 0 Å². The van der Waals surface area contributed by atoms with Gasteiger partial charge < -0.3 is 0 Å². The van der Waals surface area contributed by atoms with Crippen molar-refractivity contribution in [1.29, 1.82) is 0 Å². The third-order valence-electron chi connectivity index (χ3n) is 12.2. The molecule has 0 saturated carbocycles. The summed E-state index contributed by atoms with van der Waals surface area (Å²) in [5, 5.41) is 2.22. The Labute approximate surface area is 366 Å². The molecule has 2 aliphatic carbocycles. The van der Waals surface area contributed by atoms with Gasteiger partial charge in [0.2, 0.25) is 0 Å². The summed E-state index contributed by atoms with van der Waals surface area (Å²) in [6, 6.07) is 61.5. The van der Waals surface area contributed by atoms with Crippen molar-refractivity contribution < 1.29 is 24.1 Å². The van der Waals surface area contributed by atoms with Gasteiger partial charge in [0, 0.05) is 11.8 Å². The summed E-state index contributed by atoms with van der Waals surface area (Å²) in [5.41, 5.74) is 15.4. The Hall–Kier alpha value is -6.55. The molecule has 0 fully saturated rings. The van der Waals surface area contributed by atoms with Crippen LogP contribution in [0.4, 0.5) is 0 Å². The van der Waals surface area contributed by atoms with Crippen molar-refractivity contribution in [2.45, 2.75) is 45.4 Å². The first-order chi connectivity index (χ1) is 29.9. The van der Waals surface area contributed by atoms with E-state index in [1.807, 2.05) is 24.4 Å². The molecular formula is C55H42N4OPt-2. The van der Waals surface area contributed by atoms with E-state index in [2.05, 4.69) is 199 Å². The van der Waals surface area contributed by atoms with E-state index in [4.69, 9.17) is 9.72 Å². The fourth-order valence-electron chi connectivity index (χ4n) is 8.97. The topological polar surface area (TPSA) is 36.4 Å². The summed E-state index contributed by atoms with van der Waals surface area (Å²) >= 11 is 2.47. The molecule has 6 aromatic carbocycles. The number of aryl methyl sites for hydroxylation is 4. The number of hydrogen-bond donors (Lipinski definition) is 0. The second-order valence-electron chi connectivity index (χ2n) is 16.3. The van der Waals surface area contributed by atoms with Gasteiger partial charge in [-0.3, -0.25) is 0 Å². The third kappa shape index (κ3) is 6.88. The molecule has 0 N–H and O–H groups in total. The minimum Gasteiger partial charge on any atom is -0.0622 e. The number of aromatic nitrogens is 4. The summed E-state index contributed by atoms with van der Waals surface area (Å²) in [6.07, 6.45) is 8.24. The number of fused-ring (bicyclic) bond motifs is 3. The van der Waals surface area contributed by atoms with Crippen LogP contribution in [0.5, 0.6) is 11.5 Å². The van der Waals surface area contributed by atoms with E-state index in [0.717, 1.165) is 73.9 Å². The quantitative estimate of drug-likeness (QED) is 0.149. The average Bonchev–Trinajstić information content (AvgIpc) is 3.82. The van der Waals surface area contributed by atoms with E-state index in [1.165, 1.54) is 44.6 Å². The third-order valence-corrected chi connectivity index (χ3v) is 13.2. The molecule has 0 radical (unpaired) electrons. The Kier molecular flexibility index (Phi) is 9.50. The second kappa shape index (κ2) is 15.5. The summed E-state index contributed by atoms with van der Waals surface area (Å²) in [7, 11) is 0. The summed E-state index contributed by atoms with van der Waals surface area (Å²) in [4.78, 5) is 5.15. The minimum atomic E-state index is 0.288. The van der Waals surface area contributed by atoms with Crippen molar-refractivity contribution in [3.8, 4) is 45.3 Å². The zero-order valence-corrected chi connectivity index (χ0v) is 36.3. The first-order valence-electron chi connectivity index (χ1n) is 21.1. The fourth-order valence-corrected chi connectivity index (χ4v) is 9.99. The van der Waals surface area contributed by atoms with E-state index in [1.54, 1.807) is 0 Å². The van der Waals surface area contributed by atoms with Gasteiger partial charge in [0.1, 0.15) is 0 Å². The number of ether oxygens (including phenoxy) is 1. The predicted molar refractivity (Wildman–Crippen MR) is 243 cm³/mol. The van der Waals surface area contributed by atoms with Crippen LogP contribution in [-0.4, -0.2) is 18.5 Å². The van der Waals surface area contributed by atoms with Gasteiger partial charge >= 0.3 is 248 Å². The number of pyridine rings is 2. The molecule has 2 aliphatic heterocycles. The maximum atomic E-state index is 6.69. The number of hydrogen-bond acceptors (Lipinski definition) is 2. The van der Waals surface area contributed by atoms with Gasteiger partial charge in [-0.25, -0.2) is 0 Å². The van der Waals surface area contributed by atoms with Crippen molar-refractivity contribution in [2.75, 3.05) is 0 Å². The molecule has 300 valence electrons. The van der Waals surface area contributed by atoms with E-state index in [-0.39, 0.29) is 5.92 Å². The normalized spacial score (nSPS) is 12.7. The molecule has 4 bridgehead atoms. The Balaban J connectivity index is 1.00. The molecule has 6 heterocycles. The van der Waals surface area contributed by atoms with E-state index in [0.29, 0.717) is 11.5 Å². The van der Waals surface area contributed by atoms with Crippen molar-refractivity contribution >= 4 is 27.3 Å². The molecule has 0 saturated heterocycles. The maximum absolute atomic E-state index is 6.69. The minimum absolute atomic E-state index is 0.288. The van der Waals surface area contributed by atoms with E-state index < -0.39 is 0 Å². The molecule has 0 spiro atoms. The molecule has 4 aliphatic rings. The van der Waals surface area contributed by atoms with Gasteiger partial charge in [-0.05, 0) is 28.2 Å². The zero-order valence-electron chi connectivity index (χ0n) is 34.0. The van der Waals surface area contributed by atoms with Gasteiger partial charge in [0.05, 0.1) is 0 Å². The van der Waals surface area contributed by atoms with Gasteiger partial charge in [-0.15, -0.1) is 0 Å². The monoisotopic (exact) mass is 969 g/mol. The van der Waals surface area contributed by atoms with Crippen LogP contribution < -0.4 is 4.74 Å². The van der Waals surface area contributed by atoms with Crippen LogP contribution in [0.2, 0.25) is 0 Å². The molecule has 0 atom stereocenters. The van der Waals surface area contributed by atoms with Crippen LogP contribution in [0.15, 0.2) is 164 Å². The molecular weight excluding hydrogens is 928 g/mol. The van der Waals surface area contributed by atoms with E-state index >= 15 is 0 Å². The average molecular weight is 970 g/mol.